The van der Waals surface area contributed by atoms with Gasteiger partial charge in [0.1, 0.15) is 11.5 Å². The molecule has 5 rings (SSSR count). The van der Waals surface area contributed by atoms with Gasteiger partial charge in [-0.05, 0) is 42.6 Å². The Bertz CT molecular complexity index is 1280. The minimum atomic E-state index is -0.663. The number of carbonyl (C=O) groups excluding carboxylic acids is 2. The third-order valence-electron chi connectivity index (χ3n) is 4.89. The van der Waals surface area contributed by atoms with Crippen LogP contribution in [0.2, 0.25) is 0 Å². The van der Waals surface area contributed by atoms with Crippen molar-refractivity contribution < 1.29 is 9.59 Å². The summed E-state index contributed by atoms with van der Waals surface area (Å²) in [4.78, 5) is 38.7. The topological polar surface area (TPSA) is 89.2 Å². The van der Waals surface area contributed by atoms with Crippen LogP contribution in [0.5, 0.6) is 0 Å². The van der Waals surface area contributed by atoms with E-state index in [0.29, 0.717) is 22.9 Å². The maximum Gasteiger partial charge on any atom is 0.267 e. The second kappa shape index (κ2) is 7.16. The van der Waals surface area contributed by atoms with Crippen molar-refractivity contribution in [3.05, 3.63) is 70.7 Å². The van der Waals surface area contributed by atoms with Gasteiger partial charge < -0.3 is 5.73 Å². The van der Waals surface area contributed by atoms with E-state index in [2.05, 4.69) is 11.1 Å². The molecule has 0 saturated heterocycles. The second-order valence-electron chi connectivity index (χ2n) is 6.94. The van der Waals surface area contributed by atoms with E-state index in [-0.39, 0.29) is 18.0 Å². The number of primary amides is 1. The first-order chi connectivity index (χ1) is 14.5. The second-order valence-corrected chi connectivity index (χ2v) is 8.98. The highest BCUT2D eigenvalue weighted by Crippen LogP contribution is 2.39. The Hall–Kier alpha value is -3.36. The summed E-state index contributed by atoms with van der Waals surface area (Å²) in [5, 5.41) is 2.02. The molecule has 0 radical (unpaired) electrons. The molecule has 0 atom stereocenters. The Balaban J connectivity index is 1.65. The lowest BCUT2D eigenvalue weighted by atomic mass is 10.1. The molecule has 3 aromatic heterocycles. The minimum Gasteiger partial charge on any atom is -0.364 e. The number of nitrogens with zero attached hydrogens (tertiary/aromatic N) is 3. The summed E-state index contributed by atoms with van der Waals surface area (Å²) in [5.41, 5.74) is 7.98. The van der Waals surface area contributed by atoms with Crippen molar-refractivity contribution in [2.45, 2.75) is 13.3 Å². The zero-order chi connectivity index (χ0) is 20.8. The maximum atomic E-state index is 12.8. The number of benzene rings is 1. The molecule has 0 spiro atoms. The molecular formula is C22H16N4O2S2. The lowest BCUT2D eigenvalue weighted by molar-refractivity contribution is -0.116. The largest absolute Gasteiger partial charge is 0.364 e. The molecule has 4 aromatic rings. The quantitative estimate of drug-likeness (QED) is 0.512. The van der Waals surface area contributed by atoms with Crippen LogP contribution in [-0.4, -0.2) is 21.8 Å². The first-order valence-electron chi connectivity index (χ1n) is 9.25. The molecular weight excluding hydrogens is 416 g/mol. The van der Waals surface area contributed by atoms with Crippen LogP contribution in [0.1, 0.15) is 21.6 Å². The first-order valence-corrected chi connectivity index (χ1v) is 11.0. The van der Waals surface area contributed by atoms with E-state index in [0.717, 1.165) is 20.2 Å². The lowest BCUT2D eigenvalue weighted by Gasteiger charge is -2.17. The van der Waals surface area contributed by atoms with Crippen molar-refractivity contribution in [1.82, 2.24) is 9.97 Å². The molecule has 1 aromatic carbocycles. The molecule has 0 unspecified atom stereocenters. The summed E-state index contributed by atoms with van der Waals surface area (Å²) in [6, 6.07) is 15.6. The molecule has 8 heteroatoms. The van der Waals surface area contributed by atoms with Crippen molar-refractivity contribution in [2.75, 3.05) is 4.90 Å². The van der Waals surface area contributed by atoms with Gasteiger partial charge in [-0.3, -0.25) is 14.5 Å². The van der Waals surface area contributed by atoms with Crippen molar-refractivity contribution in [3.63, 3.8) is 0 Å². The standard InChI is InChI=1S/C22H16N4O2S2/c1-12-4-6-13(7-5-12)26-18(27)11-14-19(20(23)28)24-21(25-22(14)26)17-9-8-16(30-17)15-3-2-10-29-15/h2-10H,11H2,1H3,(H2,23,28). The Labute approximate surface area is 180 Å². The highest BCUT2D eigenvalue weighted by Gasteiger charge is 2.35. The summed E-state index contributed by atoms with van der Waals surface area (Å²) in [6.45, 7) is 1.98. The predicted molar refractivity (Wildman–Crippen MR) is 119 cm³/mol. The number of rotatable bonds is 4. The van der Waals surface area contributed by atoms with Crippen LogP contribution in [0.25, 0.3) is 20.5 Å². The van der Waals surface area contributed by atoms with Gasteiger partial charge in [-0.25, -0.2) is 9.97 Å². The number of aryl methyl sites for hydroxylation is 1. The Kier molecular flexibility index (Phi) is 4.45. The molecule has 1 aliphatic heterocycles. The summed E-state index contributed by atoms with van der Waals surface area (Å²) in [5.74, 6) is -0.00681. The molecule has 6 nitrogen and oxygen atoms in total. The summed E-state index contributed by atoms with van der Waals surface area (Å²) in [6.07, 6.45) is 0.0483. The molecule has 0 aliphatic carbocycles. The molecule has 148 valence electrons. The average molecular weight is 433 g/mol. The van der Waals surface area contributed by atoms with Crippen molar-refractivity contribution in [1.29, 1.82) is 0 Å². The van der Waals surface area contributed by atoms with Gasteiger partial charge in [-0.2, -0.15) is 0 Å². The van der Waals surface area contributed by atoms with E-state index in [1.807, 2.05) is 54.8 Å². The smallest absolute Gasteiger partial charge is 0.267 e. The number of anilines is 2. The van der Waals surface area contributed by atoms with Crippen LogP contribution < -0.4 is 10.6 Å². The summed E-state index contributed by atoms with van der Waals surface area (Å²) in [7, 11) is 0. The minimum absolute atomic E-state index is 0.0483. The van der Waals surface area contributed by atoms with Gasteiger partial charge in [-0.15, -0.1) is 22.7 Å². The Morgan fingerprint density at radius 1 is 1.03 bits per heavy atom. The first kappa shape index (κ1) is 18.7. The normalized spacial score (nSPS) is 13.0. The van der Waals surface area contributed by atoms with Crippen LogP contribution in [0.15, 0.2) is 53.9 Å². The Morgan fingerprint density at radius 2 is 1.80 bits per heavy atom. The fourth-order valence-corrected chi connectivity index (χ4v) is 5.23. The van der Waals surface area contributed by atoms with Gasteiger partial charge >= 0.3 is 0 Å². The van der Waals surface area contributed by atoms with E-state index < -0.39 is 5.91 Å². The number of amides is 2. The maximum absolute atomic E-state index is 12.8. The van der Waals surface area contributed by atoms with Gasteiger partial charge in [0.25, 0.3) is 5.91 Å². The number of hydrogen-bond donors (Lipinski definition) is 1. The van der Waals surface area contributed by atoms with Crippen LogP contribution >= 0.6 is 22.7 Å². The average Bonchev–Trinajstić information content (AvgIpc) is 3.47. The Morgan fingerprint density at radius 3 is 2.50 bits per heavy atom. The van der Waals surface area contributed by atoms with Gasteiger partial charge in [0.05, 0.1) is 17.0 Å². The molecule has 2 amide bonds. The monoisotopic (exact) mass is 432 g/mol. The fraction of sp³-hybridized carbons (Fsp3) is 0.0909. The SMILES string of the molecule is Cc1ccc(N2C(=O)Cc3c(C(N)=O)nc(-c4ccc(-c5cccs5)s4)nc32)cc1. The number of hydrogen-bond acceptors (Lipinski definition) is 6. The van der Waals surface area contributed by atoms with E-state index >= 15 is 0 Å². The van der Waals surface area contributed by atoms with Crippen LogP contribution in [0.4, 0.5) is 11.5 Å². The predicted octanol–water partition coefficient (Wildman–Crippen LogP) is 4.56. The zero-order valence-electron chi connectivity index (χ0n) is 16.0. The van der Waals surface area contributed by atoms with E-state index in [4.69, 9.17) is 10.7 Å². The third kappa shape index (κ3) is 3.10. The van der Waals surface area contributed by atoms with Crippen molar-refractivity contribution in [3.8, 4) is 20.5 Å². The molecule has 30 heavy (non-hydrogen) atoms. The van der Waals surface area contributed by atoms with Gasteiger partial charge in [-0.1, -0.05) is 23.8 Å². The van der Waals surface area contributed by atoms with E-state index in [1.165, 1.54) is 11.3 Å². The third-order valence-corrected chi connectivity index (χ3v) is 7.04. The summed E-state index contributed by atoms with van der Waals surface area (Å²) < 4.78 is 0. The van der Waals surface area contributed by atoms with Crippen LogP contribution in [-0.2, 0) is 11.2 Å². The molecule has 1 aliphatic rings. The molecule has 0 fully saturated rings. The highest BCUT2D eigenvalue weighted by molar-refractivity contribution is 7.23. The van der Waals surface area contributed by atoms with Gasteiger partial charge in [0, 0.05) is 15.3 Å². The van der Waals surface area contributed by atoms with Crippen molar-refractivity contribution >= 4 is 46.0 Å². The van der Waals surface area contributed by atoms with Crippen molar-refractivity contribution in [2.24, 2.45) is 5.73 Å². The van der Waals surface area contributed by atoms with Crippen LogP contribution in [0, 0.1) is 6.92 Å². The number of nitrogens with two attached hydrogens (primary N) is 1. The number of aromatic nitrogens is 2. The summed E-state index contributed by atoms with van der Waals surface area (Å²) >= 11 is 3.19. The lowest BCUT2D eigenvalue weighted by Crippen LogP contribution is -2.21. The molecule has 2 N–H and O–H groups in total. The molecule has 4 heterocycles. The molecule has 0 bridgehead atoms. The van der Waals surface area contributed by atoms with E-state index in [9.17, 15) is 9.59 Å². The highest BCUT2D eigenvalue weighted by atomic mass is 32.1. The number of thiophene rings is 2. The van der Waals surface area contributed by atoms with Gasteiger partial charge in [0.15, 0.2) is 5.82 Å². The number of fused-ring (bicyclic) bond motifs is 1. The number of carbonyl (C=O) groups is 2. The fourth-order valence-electron chi connectivity index (χ4n) is 3.45. The van der Waals surface area contributed by atoms with E-state index in [1.54, 1.807) is 16.2 Å². The van der Waals surface area contributed by atoms with Crippen LogP contribution in [0.3, 0.4) is 0 Å². The van der Waals surface area contributed by atoms with Gasteiger partial charge in [0.2, 0.25) is 5.91 Å². The zero-order valence-corrected chi connectivity index (χ0v) is 17.6. The molecule has 0 saturated carbocycles.